The second kappa shape index (κ2) is 8.78. The number of ether oxygens (including phenoxy) is 1. The molecular weight excluding hydrogens is 348 g/mol. The Labute approximate surface area is 168 Å². The first-order chi connectivity index (χ1) is 13.7. The third-order valence-corrected chi connectivity index (χ3v) is 6.23. The fraction of sp³-hybridized carbons (Fsp3) is 0.458. The Hall–Kier alpha value is -2.33. The van der Waals surface area contributed by atoms with E-state index in [1.54, 1.807) is 7.11 Å². The molecule has 28 heavy (non-hydrogen) atoms. The van der Waals surface area contributed by atoms with Crippen molar-refractivity contribution in [2.75, 3.05) is 39.8 Å². The zero-order chi connectivity index (χ0) is 19.3. The van der Waals surface area contributed by atoms with Crippen molar-refractivity contribution >= 4 is 5.91 Å². The summed E-state index contributed by atoms with van der Waals surface area (Å²) in [7, 11) is 1.65. The summed E-state index contributed by atoms with van der Waals surface area (Å²) in [4.78, 5) is 17.8. The van der Waals surface area contributed by atoms with Crippen LogP contribution in [0.2, 0.25) is 0 Å². The van der Waals surface area contributed by atoms with Crippen molar-refractivity contribution < 1.29 is 9.53 Å². The quantitative estimate of drug-likeness (QED) is 0.787. The van der Waals surface area contributed by atoms with Crippen molar-refractivity contribution in [1.29, 1.82) is 0 Å². The molecule has 0 bridgehead atoms. The fourth-order valence-electron chi connectivity index (χ4n) is 4.69. The molecule has 2 atom stereocenters. The molecule has 2 saturated heterocycles. The average molecular weight is 379 g/mol. The van der Waals surface area contributed by atoms with Gasteiger partial charge in [-0.1, -0.05) is 36.8 Å². The van der Waals surface area contributed by atoms with E-state index in [4.69, 9.17) is 4.74 Å². The molecular formula is C24H30N2O2. The highest BCUT2D eigenvalue weighted by Gasteiger charge is 2.37. The van der Waals surface area contributed by atoms with Gasteiger partial charge in [0.1, 0.15) is 5.75 Å². The van der Waals surface area contributed by atoms with Crippen molar-refractivity contribution in [1.82, 2.24) is 9.80 Å². The average Bonchev–Trinajstić information content (AvgIpc) is 3.18. The van der Waals surface area contributed by atoms with E-state index in [9.17, 15) is 4.79 Å². The van der Waals surface area contributed by atoms with E-state index in [-0.39, 0.29) is 5.91 Å². The molecule has 148 valence electrons. The minimum Gasteiger partial charge on any atom is -0.497 e. The van der Waals surface area contributed by atoms with Gasteiger partial charge in [-0.2, -0.15) is 0 Å². The number of carbonyl (C=O) groups is 1. The molecule has 4 nitrogen and oxygen atoms in total. The number of likely N-dealkylation sites (tertiary alicyclic amines) is 2. The molecule has 0 spiro atoms. The Morgan fingerprint density at radius 3 is 2.36 bits per heavy atom. The van der Waals surface area contributed by atoms with Gasteiger partial charge in [0.05, 0.1) is 7.11 Å². The lowest BCUT2D eigenvalue weighted by atomic mass is 9.88. The Balaban J connectivity index is 1.51. The molecule has 4 rings (SSSR count). The molecule has 0 saturated carbocycles. The van der Waals surface area contributed by atoms with E-state index in [0.29, 0.717) is 11.8 Å². The van der Waals surface area contributed by atoms with Gasteiger partial charge >= 0.3 is 0 Å². The summed E-state index contributed by atoms with van der Waals surface area (Å²) in [5.74, 6) is 1.81. The zero-order valence-corrected chi connectivity index (χ0v) is 16.7. The summed E-state index contributed by atoms with van der Waals surface area (Å²) in [6.45, 7) is 5.12. The normalized spacial score (nSPS) is 23.0. The Morgan fingerprint density at radius 2 is 1.68 bits per heavy atom. The van der Waals surface area contributed by atoms with Crippen LogP contribution >= 0.6 is 0 Å². The van der Waals surface area contributed by atoms with Gasteiger partial charge in [-0.05, 0) is 61.7 Å². The van der Waals surface area contributed by atoms with Crippen LogP contribution in [0.15, 0.2) is 54.6 Å². The smallest absolute Gasteiger partial charge is 0.253 e. The number of methoxy groups -OCH3 is 1. The van der Waals surface area contributed by atoms with E-state index < -0.39 is 0 Å². The van der Waals surface area contributed by atoms with Gasteiger partial charge in [0, 0.05) is 31.1 Å². The maximum Gasteiger partial charge on any atom is 0.253 e. The highest BCUT2D eigenvalue weighted by molar-refractivity contribution is 5.94. The van der Waals surface area contributed by atoms with E-state index >= 15 is 0 Å². The second-order valence-electron chi connectivity index (χ2n) is 8.08. The Kier molecular flexibility index (Phi) is 5.96. The van der Waals surface area contributed by atoms with Crippen molar-refractivity contribution in [2.24, 2.45) is 5.92 Å². The summed E-state index contributed by atoms with van der Waals surface area (Å²) in [5.41, 5.74) is 2.10. The fourth-order valence-corrected chi connectivity index (χ4v) is 4.69. The van der Waals surface area contributed by atoms with Crippen LogP contribution < -0.4 is 4.74 Å². The van der Waals surface area contributed by atoms with Gasteiger partial charge in [-0.25, -0.2) is 0 Å². The number of carbonyl (C=O) groups excluding carboxylic acids is 1. The number of benzene rings is 2. The van der Waals surface area contributed by atoms with Gasteiger partial charge in [0.25, 0.3) is 5.91 Å². The summed E-state index contributed by atoms with van der Waals surface area (Å²) in [6, 6.07) is 18.2. The second-order valence-corrected chi connectivity index (χ2v) is 8.08. The molecule has 0 radical (unpaired) electrons. The third kappa shape index (κ3) is 4.22. The van der Waals surface area contributed by atoms with Crippen LogP contribution in [0.25, 0.3) is 0 Å². The predicted octanol–water partition coefficient (Wildman–Crippen LogP) is 4.04. The molecule has 2 heterocycles. The number of nitrogens with zero attached hydrogens (tertiary/aromatic N) is 2. The Morgan fingerprint density at radius 1 is 0.964 bits per heavy atom. The Bertz CT molecular complexity index is 769. The number of hydrogen-bond donors (Lipinski definition) is 0. The molecule has 0 N–H and O–H groups in total. The molecule has 0 aliphatic carbocycles. The van der Waals surface area contributed by atoms with Crippen LogP contribution in [0.5, 0.6) is 5.75 Å². The molecule has 2 aliphatic rings. The van der Waals surface area contributed by atoms with Gasteiger partial charge in [-0.3, -0.25) is 4.79 Å². The minimum absolute atomic E-state index is 0.129. The highest BCUT2D eigenvalue weighted by Crippen LogP contribution is 2.34. The molecule has 4 heteroatoms. The molecule has 2 aromatic rings. The van der Waals surface area contributed by atoms with Crippen molar-refractivity contribution in [3.8, 4) is 5.75 Å². The number of amides is 1. The van der Waals surface area contributed by atoms with Crippen LogP contribution in [-0.4, -0.2) is 55.5 Å². The van der Waals surface area contributed by atoms with E-state index in [1.807, 2.05) is 29.2 Å². The standard InChI is InChI=1S/C24H30N2O2/c1-28-22-12-10-20(11-13-22)24(27)26-17-21(16-25-14-6-3-7-15-25)23(18-26)19-8-4-2-5-9-19/h2,4-5,8-13,21,23H,3,6-7,14-18H2,1H3/t21-,23+/m1/s1. The number of piperidine rings is 1. The van der Waals surface area contributed by atoms with Crippen molar-refractivity contribution in [3.63, 3.8) is 0 Å². The molecule has 2 fully saturated rings. The SMILES string of the molecule is COc1ccc(C(=O)N2C[C@@H](CN3CCCCC3)[C@H](c3ccccc3)C2)cc1. The number of rotatable bonds is 5. The summed E-state index contributed by atoms with van der Waals surface area (Å²) < 4.78 is 5.22. The van der Waals surface area contributed by atoms with Crippen molar-refractivity contribution in [2.45, 2.75) is 25.2 Å². The third-order valence-electron chi connectivity index (χ3n) is 6.23. The first-order valence-corrected chi connectivity index (χ1v) is 10.5. The molecule has 2 aliphatic heterocycles. The lowest BCUT2D eigenvalue weighted by molar-refractivity contribution is 0.0781. The lowest BCUT2D eigenvalue weighted by Crippen LogP contribution is -2.36. The van der Waals surface area contributed by atoms with Gasteiger partial charge in [0.2, 0.25) is 0 Å². The molecule has 1 amide bonds. The van der Waals surface area contributed by atoms with Crippen LogP contribution in [0.4, 0.5) is 0 Å². The predicted molar refractivity (Wildman–Crippen MR) is 112 cm³/mol. The zero-order valence-electron chi connectivity index (χ0n) is 16.7. The maximum absolute atomic E-state index is 13.1. The minimum atomic E-state index is 0.129. The summed E-state index contributed by atoms with van der Waals surface area (Å²) in [5, 5.41) is 0. The lowest BCUT2D eigenvalue weighted by Gasteiger charge is -2.31. The monoisotopic (exact) mass is 378 g/mol. The largest absolute Gasteiger partial charge is 0.497 e. The molecule has 0 unspecified atom stereocenters. The first-order valence-electron chi connectivity index (χ1n) is 10.5. The van der Waals surface area contributed by atoms with Crippen LogP contribution in [0, 0.1) is 5.92 Å². The van der Waals surface area contributed by atoms with E-state index in [1.165, 1.54) is 37.9 Å². The van der Waals surface area contributed by atoms with E-state index in [0.717, 1.165) is 30.9 Å². The van der Waals surface area contributed by atoms with Crippen LogP contribution in [0.3, 0.4) is 0 Å². The van der Waals surface area contributed by atoms with E-state index in [2.05, 4.69) is 35.2 Å². The first kappa shape index (κ1) is 19.0. The summed E-state index contributed by atoms with van der Waals surface area (Å²) >= 11 is 0. The van der Waals surface area contributed by atoms with Gasteiger partial charge < -0.3 is 14.5 Å². The highest BCUT2D eigenvalue weighted by atomic mass is 16.5. The van der Waals surface area contributed by atoms with Crippen molar-refractivity contribution in [3.05, 3.63) is 65.7 Å². The number of hydrogen-bond acceptors (Lipinski definition) is 3. The summed E-state index contributed by atoms with van der Waals surface area (Å²) in [6.07, 6.45) is 3.96. The van der Waals surface area contributed by atoms with Crippen LogP contribution in [0.1, 0.15) is 41.1 Å². The molecule has 2 aromatic carbocycles. The topological polar surface area (TPSA) is 32.8 Å². The van der Waals surface area contributed by atoms with Gasteiger partial charge in [0.15, 0.2) is 0 Å². The van der Waals surface area contributed by atoms with Gasteiger partial charge in [-0.15, -0.1) is 0 Å². The maximum atomic E-state index is 13.1. The molecule has 0 aromatic heterocycles. The van der Waals surface area contributed by atoms with Crippen LogP contribution in [-0.2, 0) is 0 Å².